The number of carbonyl (C=O) groups excluding carboxylic acids is 2. The van der Waals surface area contributed by atoms with E-state index in [2.05, 4.69) is 5.32 Å². The molecule has 1 aliphatic heterocycles. The number of aromatic nitrogens is 1. The molecule has 1 unspecified atom stereocenters. The van der Waals surface area contributed by atoms with Crippen molar-refractivity contribution in [3.8, 4) is 0 Å². The smallest absolute Gasteiger partial charge is 0.259 e. The first kappa shape index (κ1) is 12.4. The average Bonchev–Trinajstić information content (AvgIpc) is 2.41. The van der Waals surface area contributed by atoms with Crippen molar-refractivity contribution in [2.75, 3.05) is 5.73 Å². The molecule has 0 spiro atoms. The first-order chi connectivity index (χ1) is 9.56. The third-order valence-electron chi connectivity index (χ3n) is 3.50. The van der Waals surface area contributed by atoms with Gasteiger partial charge < -0.3 is 10.3 Å². The van der Waals surface area contributed by atoms with Gasteiger partial charge in [-0.15, -0.1) is 0 Å². The van der Waals surface area contributed by atoms with Gasteiger partial charge in [0.1, 0.15) is 6.04 Å². The first-order valence-corrected chi connectivity index (χ1v) is 6.30. The summed E-state index contributed by atoms with van der Waals surface area (Å²) in [6.07, 6.45) is 2.15. The van der Waals surface area contributed by atoms with Crippen LogP contribution in [-0.2, 0) is 9.59 Å². The number of hydrogen-bond donors (Lipinski definition) is 2. The normalized spacial score (nSPS) is 19.1. The zero-order chi connectivity index (χ0) is 14.3. The molecule has 2 amide bonds. The van der Waals surface area contributed by atoms with Gasteiger partial charge in [-0.25, -0.2) is 0 Å². The number of imide groups is 1. The quantitative estimate of drug-likeness (QED) is 0.585. The van der Waals surface area contributed by atoms with Crippen molar-refractivity contribution in [3.05, 3.63) is 40.8 Å². The Kier molecular flexibility index (Phi) is 2.78. The number of fused-ring (bicyclic) bond motifs is 1. The second-order valence-electron chi connectivity index (χ2n) is 4.84. The molecule has 1 atom stereocenters. The van der Waals surface area contributed by atoms with E-state index in [1.807, 2.05) is 0 Å². The van der Waals surface area contributed by atoms with E-state index in [4.69, 9.17) is 5.73 Å². The zero-order valence-corrected chi connectivity index (χ0v) is 10.6. The third kappa shape index (κ3) is 1.95. The van der Waals surface area contributed by atoms with E-state index in [0.717, 1.165) is 5.39 Å². The highest BCUT2D eigenvalue weighted by atomic mass is 16.2. The van der Waals surface area contributed by atoms with E-state index in [1.165, 1.54) is 4.57 Å². The van der Waals surface area contributed by atoms with E-state index in [-0.39, 0.29) is 17.9 Å². The lowest BCUT2D eigenvalue weighted by Crippen LogP contribution is -2.44. The second kappa shape index (κ2) is 4.48. The van der Waals surface area contributed by atoms with E-state index in [9.17, 15) is 14.4 Å². The van der Waals surface area contributed by atoms with Crippen LogP contribution in [0.3, 0.4) is 0 Å². The predicted molar refractivity (Wildman–Crippen MR) is 74.0 cm³/mol. The van der Waals surface area contributed by atoms with Crippen molar-refractivity contribution in [2.45, 2.75) is 18.9 Å². The number of nitrogen functional groups attached to an aromatic ring is 1. The summed E-state index contributed by atoms with van der Waals surface area (Å²) >= 11 is 0. The molecule has 3 N–H and O–H groups in total. The average molecular weight is 271 g/mol. The van der Waals surface area contributed by atoms with Gasteiger partial charge in [0.05, 0.1) is 0 Å². The lowest BCUT2D eigenvalue weighted by Gasteiger charge is -2.23. The summed E-state index contributed by atoms with van der Waals surface area (Å²) in [5.41, 5.74) is 5.92. The number of nitrogens with two attached hydrogens (primary N) is 1. The Hall–Kier alpha value is -2.63. The fraction of sp³-hybridized carbons (Fsp3) is 0.214. The van der Waals surface area contributed by atoms with E-state index < -0.39 is 11.9 Å². The molecule has 1 aliphatic rings. The molecule has 3 rings (SSSR count). The number of hydrogen-bond acceptors (Lipinski definition) is 4. The minimum Gasteiger partial charge on any atom is -0.399 e. The molecule has 0 saturated carbocycles. The van der Waals surface area contributed by atoms with Crippen LogP contribution in [0.25, 0.3) is 10.8 Å². The van der Waals surface area contributed by atoms with Crippen molar-refractivity contribution in [2.24, 2.45) is 0 Å². The number of nitrogens with zero attached hydrogens (tertiary/aromatic N) is 1. The second-order valence-corrected chi connectivity index (χ2v) is 4.84. The summed E-state index contributed by atoms with van der Waals surface area (Å²) in [6.45, 7) is 0. The molecule has 2 aromatic rings. The molecule has 1 fully saturated rings. The van der Waals surface area contributed by atoms with E-state index >= 15 is 0 Å². The monoisotopic (exact) mass is 271 g/mol. The molecule has 0 bridgehead atoms. The third-order valence-corrected chi connectivity index (χ3v) is 3.50. The zero-order valence-electron chi connectivity index (χ0n) is 10.6. The van der Waals surface area contributed by atoms with Gasteiger partial charge in [0, 0.05) is 23.7 Å². The highest BCUT2D eigenvalue weighted by molar-refractivity contribution is 5.99. The van der Waals surface area contributed by atoms with Gasteiger partial charge in [-0.1, -0.05) is 6.07 Å². The largest absolute Gasteiger partial charge is 0.399 e. The molecule has 1 saturated heterocycles. The maximum Gasteiger partial charge on any atom is 0.259 e. The summed E-state index contributed by atoms with van der Waals surface area (Å²) in [5, 5.41) is 3.49. The Labute approximate surface area is 114 Å². The Balaban J connectivity index is 2.13. The van der Waals surface area contributed by atoms with E-state index in [1.54, 1.807) is 30.5 Å². The van der Waals surface area contributed by atoms with Crippen LogP contribution < -0.4 is 16.6 Å². The van der Waals surface area contributed by atoms with Gasteiger partial charge in [-0.3, -0.25) is 19.7 Å². The van der Waals surface area contributed by atoms with Crippen LogP contribution in [0.4, 0.5) is 5.69 Å². The summed E-state index contributed by atoms with van der Waals surface area (Å²) in [6, 6.07) is 6.20. The number of piperidine rings is 1. The summed E-state index contributed by atoms with van der Waals surface area (Å²) in [7, 11) is 0. The van der Waals surface area contributed by atoms with Gasteiger partial charge in [0.15, 0.2) is 0 Å². The Bertz CT molecular complexity index is 779. The number of rotatable bonds is 1. The van der Waals surface area contributed by atoms with Crippen molar-refractivity contribution in [3.63, 3.8) is 0 Å². The Morgan fingerprint density at radius 1 is 1.20 bits per heavy atom. The molecule has 20 heavy (non-hydrogen) atoms. The van der Waals surface area contributed by atoms with Crippen LogP contribution in [0.2, 0.25) is 0 Å². The predicted octanol–water partition coefficient (Wildman–Crippen LogP) is 0.561. The van der Waals surface area contributed by atoms with Crippen LogP contribution in [0.5, 0.6) is 0 Å². The minimum atomic E-state index is -0.647. The molecular formula is C14H13N3O3. The fourth-order valence-corrected chi connectivity index (χ4v) is 2.46. The Morgan fingerprint density at radius 3 is 2.75 bits per heavy atom. The summed E-state index contributed by atoms with van der Waals surface area (Å²) in [5.74, 6) is -0.740. The fourth-order valence-electron chi connectivity index (χ4n) is 2.46. The summed E-state index contributed by atoms with van der Waals surface area (Å²) in [4.78, 5) is 35.4. The standard InChI is InChI=1S/C14H13N3O3/c15-9-2-1-8-5-6-17(14(20)10(8)7-9)11-3-4-12(18)16-13(11)19/h1-2,5-7,11H,3-4,15H2,(H,16,18,19). The molecule has 0 radical (unpaired) electrons. The van der Waals surface area contributed by atoms with Crippen molar-refractivity contribution in [1.82, 2.24) is 9.88 Å². The minimum absolute atomic E-state index is 0.234. The van der Waals surface area contributed by atoms with Crippen LogP contribution in [-0.4, -0.2) is 16.4 Å². The van der Waals surface area contributed by atoms with Crippen LogP contribution in [0, 0.1) is 0 Å². The maximum absolute atomic E-state index is 12.4. The van der Waals surface area contributed by atoms with Crippen LogP contribution >= 0.6 is 0 Å². The van der Waals surface area contributed by atoms with Gasteiger partial charge >= 0.3 is 0 Å². The molecular weight excluding hydrogens is 258 g/mol. The van der Waals surface area contributed by atoms with Gasteiger partial charge in [-0.2, -0.15) is 0 Å². The van der Waals surface area contributed by atoms with Gasteiger partial charge in [0.2, 0.25) is 11.8 Å². The SMILES string of the molecule is Nc1ccc2ccn(C3CCC(=O)NC3=O)c(=O)c2c1. The van der Waals surface area contributed by atoms with Crippen molar-refractivity contribution < 1.29 is 9.59 Å². The molecule has 102 valence electrons. The first-order valence-electron chi connectivity index (χ1n) is 6.30. The highest BCUT2D eigenvalue weighted by Gasteiger charge is 2.28. The van der Waals surface area contributed by atoms with Crippen molar-refractivity contribution >= 4 is 28.3 Å². The van der Waals surface area contributed by atoms with Crippen LogP contribution in [0.15, 0.2) is 35.3 Å². The van der Waals surface area contributed by atoms with Gasteiger partial charge in [-0.05, 0) is 30.0 Å². The maximum atomic E-state index is 12.4. The number of benzene rings is 1. The highest BCUT2D eigenvalue weighted by Crippen LogP contribution is 2.19. The molecule has 1 aromatic carbocycles. The number of anilines is 1. The number of carbonyl (C=O) groups is 2. The lowest BCUT2D eigenvalue weighted by atomic mass is 10.0. The van der Waals surface area contributed by atoms with Gasteiger partial charge in [0.25, 0.3) is 5.56 Å². The molecule has 2 heterocycles. The molecule has 0 aliphatic carbocycles. The van der Waals surface area contributed by atoms with Crippen LogP contribution in [0.1, 0.15) is 18.9 Å². The Morgan fingerprint density at radius 2 is 2.00 bits per heavy atom. The number of amides is 2. The number of pyridine rings is 1. The lowest BCUT2D eigenvalue weighted by molar-refractivity contribution is -0.135. The number of nitrogens with one attached hydrogen (secondary N) is 1. The van der Waals surface area contributed by atoms with E-state index in [0.29, 0.717) is 17.5 Å². The topological polar surface area (TPSA) is 94.2 Å². The molecule has 1 aromatic heterocycles. The molecule has 6 nitrogen and oxygen atoms in total. The van der Waals surface area contributed by atoms with Crippen molar-refractivity contribution in [1.29, 1.82) is 0 Å². The summed E-state index contributed by atoms with van der Waals surface area (Å²) < 4.78 is 1.36. The molecule has 6 heteroatoms.